The van der Waals surface area contributed by atoms with Crippen molar-refractivity contribution in [3.8, 4) is 0 Å². The Kier molecular flexibility index (Phi) is 6.92. The van der Waals surface area contributed by atoms with Crippen LogP contribution in [0.1, 0.15) is 31.2 Å². The van der Waals surface area contributed by atoms with Gasteiger partial charge in [-0.05, 0) is 53.0 Å². The molecule has 2 aromatic carbocycles. The molecule has 1 aliphatic carbocycles. The molecule has 5 heteroatoms. The van der Waals surface area contributed by atoms with E-state index >= 15 is 0 Å². The first-order valence-corrected chi connectivity index (χ1v) is 11.8. The van der Waals surface area contributed by atoms with Crippen LogP contribution in [0.5, 0.6) is 0 Å². The molecule has 31 heavy (non-hydrogen) atoms. The van der Waals surface area contributed by atoms with Gasteiger partial charge in [-0.15, -0.1) is 11.8 Å². The number of aliphatic carboxylic acids is 1. The van der Waals surface area contributed by atoms with Crippen LogP contribution >= 0.6 is 11.8 Å². The van der Waals surface area contributed by atoms with Gasteiger partial charge in [0.25, 0.3) is 5.91 Å². The van der Waals surface area contributed by atoms with Crippen LogP contribution < -0.4 is 0 Å². The zero-order valence-electron chi connectivity index (χ0n) is 17.5. The molecule has 1 atom stereocenters. The molecular formula is C26H27NO3S. The average molecular weight is 434 g/mol. The Morgan fingerprint density at radius 3 is 2.81 bits per heavy atom. The second-order valence-corrected chi connectivity index (χ2v) is 9.16. The van der Waals surface area contributed by atoms with Crippen molar-refractivity contribution in [1.82, 2.24) is 4.90 Å². The molecule has 0 spiro atoms. The maximum absolute atomic E-state index is 13.5. The van der Waals surface area contributed by atoms with Crippen LogP contribution in [0.25, 0.3) is 16.8 Å². The van der Waals surface area contributed by atoms with Crippen molar-refractivity contribution in [3.05, 3.63) is 76.7 Å². The minimum Gasteiger partial charge on any atom is -0.481 e. The van der Waals surface area contributed by atoms with Crippen molar-refractivity contribution in [1.29, 1.82) is 0 Å². The number of allylic oxidation sites excluding steroid dienone is 4. The Labute approximate surface area is 187 Å². The van der Waals surface area contributed by atoms with E-state index in [0.717, 1.165) is 41.2 Å². The number of likely N-dealkylation sites (tertiary alicyclic amines) is 1. The molecule has 160 valence electrons. The topological polar surface area (TPSA) is 57.6 Å². The van der Waals surface area contributed by atoms with Gasteiger partial charge >= 0.3 is 5.97 Å². The van der Waals surface area contributed by atoms with Gasteiger partial charge in [-0.3, -0.25) is 9.59 Å². The standard InChI is InChI=1S/C26H27NO3S/c28-25(27-15-7-11-21(17-27)26(29)30)22(18-31-23-12-2-1-3-13-23)16-20-10-6-9-19-8-4-5-14-24(19)20/h1-2,4-6,8-10,12,14,16,21H,3,7,11,13,15,17-18H2,(H,29,30)/b22-16+/t21-/m1/s1. The van der Waals surface area contributed by atoms with Crippen LogP contribution in [-0.2, 0) is 9.59 Å². The third-order valence-electron chi connectivity index (χ3n) is 5.87. The Morgan fingerprint density at radius 2 is 2.00 bits per heavy atom. The zero-order chi connectivity index (χ0) is 21.6. The van der Waals surface area contributed by atoms with Crippen molar-refractivity contribution >= 4 is 40.5 Å². The molecule has 1 fully saturated rings. The normalized spacial score (nSPS) is 19.4. The first-order chi connectivity index (χ1) is 15.1. The van der Waals surface area contributed by atoms with Gasteiger partial charge in [-0.25, -0.2) is 0 Å². The van der Waals surface area contributed by atoms with Crippen molar-refractivity contribution in [2.75, 3.05) is 18.8 Å². The molecule has 0 unspecified atom stereocenters. The number of hydrogen-bond acceptors (Lipinski definition) is 3. The summed E-state index contributed by atoms with van der Waals surface area (Å²) >= 11 is 1.71. The van der Waals surface area contributed by atoms with Crippen LogP contribution in [0.3, 0.4) is 0 Å². The summed E-state index contributed by atoms with van der Waals surface area (Å²) in [5.74, 6) is -0.755. The summed E-state index contributed by atoms with van der Waals surface area (Å²) in [4.78, 5) is 28.0. The quantitative estimate of drug-likeness (QED) is 0.610. The van der Waals surface area contributed by atoms with Crippen molar-refractivity contribution < 1.29 is 14.7 Å². The second-order valence-electron chi connectivity index (χ2n) is 8.05. The Morgan fingerprint density at radius 1 is 1.16 bits per heavy atom. The molecule has 1 saturated heterocycles. The van der Waals surface area contributed by atoms with E-state index in [-0.39, 0.29) is 12.5 Å². The molecule has 2 aromatic rings. The molecule has 4 nitrogen and oxygen atoms in total. The first-order valence-electron chi connectivity index (χ1n) is 10.8. The molecular weight excluding hydrogens is 406 g/mol. The Balaban J connectivity index is 1.64. The van der Waals surface area contributed by atoms with Gasteiger partial charge in [0, 0.05) is 24.4 Å². The van der Waals surface area contributed by atoms with Crippen molar-refractivity contribution in [3.63, 3.8) is 0 Å². The third kappa shape index (κ3) is 5.28. The largest absolute Gasteiger partial charge is 0.481 e. The highest BCUT2D eigenvalue weighted by Gasteiger charge is 2.29. The van der Waals surface area contributed by atoms with Gasteiger partial charge in [0.1, 0.15) is 0 Å². The highest BCUT2D eigenvalue weighted by Crippen LogP contribution is 2.29. The van der Waals surface area contributed by atoms with E-state index in [4.69, 9.17) is 0 Å². The summed E-state index contributed by atoms with van der Waals surface area (Å²) in [7, 11) is 0. The molecule has 1 amide bonds. The van der Waals surface area contributed by atoms with E-state index in [0.29, 0.717) is 18.7 Å². The molecule has 1 aliphatic heterocycles. The minimum atomic E-state index is -0.814. The van der Waals surface area contributed by atoms with Crippen molar-refractivity contribution in [2.24, 2.45) is 5.92 Å². The fourth-order valence-corrected chi connectivity index (χ4v) is 5.15. The van der Waals surface area contributed by atoms with Gasteiger partial charge in [0.05, 0.1) is 5.92 Å². The molecule has 0 bridgehead atoms. The lowest BCUT2D eigenvalue weighted by Crippen LogP contribution is -2.43. The van der Waals surface area contributed by atoms with E-state index in [2.05, 4.69) is 36.4 Å². The molecule has 1 heterocycles. The number of amides is 1. The summed E-state index contributed by atoms with van der Waals surface area (Å²) in [6, 6.07) is 14.3. The van der Waals surface area contributed by atoms with Gasteiger partial charge in [0.15, 0.2) is 0 Å². The number of benzene rings is 2. The van der Waals surface area contributed by atoms with E-state index in [9.17, 15) is 14.7 Å². The Hall–Kier alpha value is -2.79. The van der Waals surface area contributed by atoms with Crippen LogP contribution in [0.2, 0.25) is 0 Å². The van der Waals surface area contributed by atoms with Crippen molar-refractivity contribution in [2.45, 2.75) is 25.7 Å². The smallest absolute Gasteiger partial charge is 0.308 e. The molecule has 4 rings (SSSR count). The maximum Gasteiger partial charge on any atom is 0.308 e. The lowest BCUT2D eigenvalue weighted by Gasteiger charge is -2.31. The number of carboxylic acid groups (broad SMARTS) is 1. The van der Waals surface area contributed by atoms with Crippen LogP contribution in [0.15, 0.2) is 71.2 Å². The van der Waals surface area contributed by atoms with Crippen LogP contribution in [0.4, 0.5) is 0 Å². The Bertz CT molecular complexity index is 1060. The van der Waals surface area contributed by atoms with E-state index in [1.807, 2.05) is 30.3 Å². The molecule has 0 aromatic heterocycles. The molecule has 0 saturated carbocycles. The maximum atomic E-state index is 13.5. The predicted molar refractivity (Wildman–Crippen MR) is 128 cm³/mol. The molecule has 0 radical (unpaired) electrons. The minimum absolute atomic E-state index is 0.0432. The summed E-state index contributed by atoms with van der Waals surface area (Å²) in [6.45, 7) is 0.905. The monoisotopic (exact) mass is 433 g/mol. The van der Waals surface area contributed by atoms with Gasteiger partial charge in [-0.2, -0.15) is 0 Å². The lowest BCUT2D eigenvalue weighted by molar-refractivity contribution is -0.145. The number of hydrogen-bond donors (Lipinski definition) is 1. The van der Waals surface area contributed by atoms with E-state index in [1.165, 1.54) is 4.91 Å². The number of carboxylic acids is 1. The summed E-state index contributed by atoms with van der Waals surface area (Å²) in [5.41, 5.74) is 1.74. The summed E-state index contributed by atoms with van der Waals surface area (Å²) < 4.78 is 0. The number of fused-ring (bicyclic) bond motifs is 1. The predicted octanol–water partition coefficient (Wildman–Crippen LogP) is 5.51. The summed E-state index contributed by atoms with van der Waals surface area (Å²) in [6.07, 6.45) is 11.7. The average Bonchev–Trinajstić information content (AvgIpc) is 2.82. The van der Waals surface area contributed by atoms with E-state index < -0.39 is 11.9 Å². The SMILES string of the molecule is O=C(O)[C@@H]1CCCN(C(=O)/C(=C/c2cccc3ccccc23)CSC2=CC=CCC2)C1. The highest BCUT2D eigenvalue weighted by molar-refractivity contribution is 8.03. The molecule has 2 aliphatic rings. The number of nitrogens with zero attached hydrogens (tertiary/aromatic N) is 1. The second kappa shape index (κ2) is 10.0. The fraction of sp³-hybridized carbons (Fsp3) is 0.308. The van der Waals surface area contributed by atoms with Gasteiger partial charge in [0.2, 0.25) is 0 Å². The van der Waals surface area contributed by atoms with Crippen LogP contribution in [-0.4, -0.2) is 40.7 Å². The summed E-state index contributed by atoms with van der Waals surface area (Å²) in [5, 5.41) is 11.7. The third-order valence-corrected chi connectivity index (χ3v) is 7.04. The van der Waals surface area contributed by atoms with Gasteiger partial charge in [-0.1, -0.05) is 60.7 Å². The zero-order valence-corrected chi connectivity index (χ0v) is 18.3. The lowest BCUT2D eigenvalue weighted by atomic mass is 9.97. The first kappa shape index (κ1) is 21.4. The molecule has 1 N–H and O–H groups in total. The fourth-order valence-electron chi connectivity index (χ4n) is 4.17. The number of carbonyl (C=O) groups is 2. The van der Waals surface area contributed by atoms with Crippen LogP contribution in [0, 0.1) is 5.92 Å². The number of piperidine rings is 1. The highest BCUT2D eigenvalue weighted by atomic mass is 32.2. The number of thioether (sulfide) groups is 1. The van der Waals surface area contributed by atoms with E-state index in [1.54, 1.807) is 16.7 Å². The van der Waals surface area contributed by atoms with Gasteiger partial charge < -0.3 is 10.0 Å². The number of rotatable bonds is 6. The number of carbonyl (C=O) groups excluding carboxylic acids is 1.